The number of urea groups is 2. The Labute approximate surface area is 250 Å². The molecule has 0 spiro atoms. The van der Waals surface area contributed by atoms with Gasteiger partial charge in [0.2, 0.25) is 0 Å². The summed E-state index contributed by atoms with van der Waals surface area (Å²) in [5, 5.41) is 13.7. The maximum Gasteiger partial charge on any atom is 0.396 e. The highest BCUT2D eigenvalue weighted by Gasteiger charge is 2.37. The molecule has 4 heterocycles. The van der Waals surface area contributed by atoms with E-state index in [1.54, 1.807) is 4.90 Å². The third kappa shape index (κ3) is 6.20. The van der Waals surface area contributed by atoms with E-state index in [1.165, 1.54) is 16.7 Å². The number of nitrogens with zero attached hydrogens (tertiary/aromatic N) is 5. The van der Waals surface area contributed by atoms with Crippen LogP contribution in [-0.2, 0) is 19.4 Å². The minimum Gasteiger partial charge on any atom is -0.328 e. The zero-order valence-electron chi connectivity index (χ0n) is 23.8. The lowest BCUT2D eigenvalue weighted by molar-refractivity contribution is -0.129. The largest absolute Gasteiger partial charge is 0.396 e. The highest BCUT2D eigenvalue weighted by atomic mass is 19.4. The van der Waals surface area contributed by atoms with E-state index in [-0.39, 0.29) is 48.7 Å². The van der Waals surface area contributed by atoms with E-state index >= 15 is 0 Å². The average Bonchev–Trinajstić information content (AvgIpc) is 3.16. The highest BCUT2D eigenvalue weighted by molar-refractivity contribution is 5.91. The molecule has 9 nitrogen and oxygen atoms in total. The van der Waals surface area contributed by atoms with Crippen molar-refractivity contribution in [1.82, 2.24) is 29.9 Å². The van der Waals surface area contributed by atoms with Crippen molar-refractivity contribution in [3.05, 3.63) is 76.9 Å². The molecule has 4 amide bonds. The molecule has 0 aliphatic carbocycles. The van der Waals surface area contributed by atoms with Crippen molar-refractivity contribution in [3.63, 3.8) is 0 Å². The second-order valence-corrected chi connectivity index (χ2v) is 11.5. The molecule has 14 heteroatoms. The molecule has 2 aromatic carbocycles. The van der Waals surface area contributed by atoms with Gasteiger partial charge < -0.3 is 25.0 Å². The van der Waals surface area contributed by atoms with Crippen molar-refractivity contribution >= 4 is 17.7 Å². The lowest BCUT2D eigenvalue weighted by Crippen LogP contribution is -2.52. The van der Waals surface area contributed by atoms with Crippen LogP contribution in [0, 0.1) is 11.6 Å². The number of para-hydroxylation sites is 1. The average molecular weight is 618 g/mol. The second-order valence-electron chi connectivity index (χ2n) is 11.5. The number of carbonyl (C=O) groups excluding carboxylic acids is 2. The fraction of sp³-hybridized carbons (Fsp3) is 0.467. The maximum atomic E-state index is 14.7. The summed E-state index contributed by atoms with van der Waals surface area (Å²) < 4.78 is 70.1. The Kier molecular flexibility index (Phi) is 8.16. The van der Waals surface area contributed by atoms with Gasteiger partial charge in [-0.05, 0) is 55.4 Å². The van der Waals surface area contributed by atoms with E-state index < -0.39 is 42.2 Å². The van der Waals surface area contributed by atoms with Crippen molar-refractivity contribution in [2.24, 2.45) is 0 Å². The number of hydrogen-bond acceptors (Lipinski definition) is 4. The lowest BCUT2D eigenvalue weighted by atomic mass is 9.93. The molecule has 0 unspecified atom stereocenters. The summed E-state index contributed by atoms with van der Waals surface area (Å²) in [6.07, 6.45) is -3.55. The number of likely N-dealkylation sites (tertiary alicyclic amines) is 1. The van der Waals surface area contributed by atoms with E-state index in [0.717, 1.165) is 23.7 Å². The van der Waals surface area contributed by atoms with Crippen molar-refractivity contribution in [2.45, 2.75) is 69.2 Å². The van der Waals surface area contributed by atoms with Crippen LogP contribution in [0.1, 0.15) is 60.4 Å². The Morgan fingerprint density at radius 1 is 0.977 bits per heavy atom. The normalized spacial score (nSPS) is 21.2. The Bertz CT molecular complexity index is 1540. The first-order valence-corrected chi connectivity index (χ1v) is 14.7. The predicted octanol–water partition coefficient (Wildman–Crippen LogP) is 5.54. The first-order valence-electron chi connectivity index (χ1n) is 14.7. The Balaban J connectivity index is 1.14. The van der Waals surface area contributed by atoms with Gasteiger partial charge in [0.15, 0.2) is 17.5 Å². The lowest BCUT2D eigenvalue weighted by Gasteiger charge is -2.38. The molecule has 0 saturated carbocycles. The van der Waals surface area contributed by atoms with Gasteiger partial charge >= 0.3 is 18.2 Å². The number of alkyl halides is 3. The van der Waals surface area contributed by atoms with Crippen LogP contribution in [0.2, 0.25) is 0 Å². The maximum absolute atomic E-state index is 14.7. The summed E-state index contributed by atoms with van der Waals surface area (Å²) in [6, 6.07) is 10.0. The quantitative estimate of drug-likeness (QED) is 0.376. The van der Waals surface area contributed by atoms with Crippen LogP contribution in [0.25, 0.3) is 0 Å². The number of halogens is 5. The summed E-state index contributed by atoms with van der Waals surface area (Å²) in [7, 11) is 0. The van der Waals surface area contributed by atoms with Gasteiger partial charge in [-0.3, -0.25) is 0 Å². The van der Waals surface area contributed by atoms with E-state index in [4.69, 9.17) is 0 Å². The summed E-state index contributed by atoms with van der Waals surface area (Å²) >= 11 is 0. The van der Waals surface area contributed by atoms with Crippen LogP contribution >= 0.6 is 0 Å². The van der Waals surface area contributed by atoms with Crippen molar-refractivity contribution < 1.29 is 31.5 Å². The number of hydrogen-bond donors (Lipinski definition) is 2. The first kappa shape index (κ1) is 29.8. The SMILES string of the molecule is O=C(N[C@@H]1CC[C@@H](c2cccc(F)c2F)Cn2c(CC(F)(F)F)nnc21)N1CCC(N2CCc3ccccc3NC2=O)CC1. The van der Waals surface area contributed by atoms with Crippen LogP contribution in [0.5, 0.6) is 0 Å². The summed E-state index contributed by atoms with van der Waals surface area (Å²) in [5.74, 6) is -2.95. The number of benzene rings is 2. The third-order valence-corrected chi connectivity index (χ3v) is 8.79. The molecule has 3 aromatic rings. The van der Waals surface area contributed by atoms with Gasteiger partial charge in [0.25, 0.3) is 0 Å². The van der Waals surface area contributed by atoms with Crippen molar-refractivity contribution in [3.8, 4) is 0 Å². The Morgan fingerprint density at radius 2 is 1.75 bits per heavy atom. The zero-order chi connectivity index (χ0) is 31.0. The molecule has 3 aliphatic rings. The minimum atomic E-state index is -4.56. The minimum absolute atomic E-state index is 0.0531. The predicted molar refractivity (Wildman–Crippen MR) is 150 cm³/mol. The topological polar surface area (TPSA) is 95.4 Å². The van der Waals surface area contributed by atoms with E-state index in [0.29, 0.717) is 32.5 Å². The molecule has 3 aliphatic heterocycles. The van der Waals surface area contributed by atoms with E-state index in [2.05, 4.69) is 20.8 Å². The number of aromatic nitrogens is 3. The molecule has 1 aromatic heterocycles. The summed E-state index contributed by atoms with van der Waals surface area (Å²) in [4.78, 5) is 29.8. The fourth-order valence-electron chi connectivity index (χ4n) is 6.51. The molecule has 234 valence electrons. The zero-order valence-corrected chi connectivity index (χ0v) is 23.8. The summed E-state index contributed by atoms with van der Waals surface area (Å²) in [6.45, 7) is 1.23. The van der Waals surface area contributed by atoms with E-state index in [1.807, 2.05) is 29.2 Å². The molecule has 1 saturated heterocycles. The molecule has 44 heavy (non-hydrogen) atoms. The molecule has 6 rings (SSSR count). The van der Waals surface area contributed by atoms with E-state index in [9.17, 15) is 31.5 Å². The molecule has 2 atom stereocenters. The van der Waals surface area contributed by atoms with Crippen LogP contribution in [-0.4, -0.2) is 68.5 Å². The standard InChI is InChI=1S/C30H32F5N7O2/c31-22-6-3-5-21(26(22)32)19-8-9-24(27-39-38-25(42(27)17-19)16-30(33,34)35)37-28(43)40-13-11-20(12-14-40)41-15-10-18-4-1-2-7-23(18)36-29(41)44/h1-7,19-20,24H,8-17H2,(H,36,44)(H,37,43)/t19-,24-/m1/s1. The van der Waals surface area contributed by atoms with Gasteiger partial charge in [0.1, 0.15) is 12.2 Å². The van der Waals surface area contributed by atoms with Crippen LogP contribution < -0.4 is 10.6 Å². The molecule has 1 fully saturated rings. The van der Waals surface area contributed by atoms with Gasteiger partial charge in [-0.15, -0.1) is 10.2 Å². The fourth-order valence-corrected chi connectivity index (χ4v) is 6.51. The number of amides is 4. The van der Waals surface area contributed by atoms with Gasteiger partial charge in [-0.1, -0.05) is 30.3 Å². The Hall–Kier alpha value is -4.23. The van der Waals surface area contributed by atoms with Crippen molar-refractivity contribution in [1.29, 1.82) is 0 Å². The smallest absolute Gasteiger partial charge is 0.328 e. The molecule has 2 N–H and O–H groups in total. The second kappa shape index (κ2) is 12.0. The number of nitrogens with one attached hydrogen (secondary N) is 2. The highest BCUT2D eigenvalue weighted by Crippen LogP contribution is 2.36. The van der Waals surface area contributed by atoms with Gasteiger partial charge in [0.05, 0.1) is 6.04 Å². The summed E-state index contributed by atoms with van der Waals surface area (Å²) in [5.41, 5.74) is 1.92. The molecular formula is C30H32F5N7O2. The number of fused-ring (bicyclic) bond motifs is 2. The monoisotopic (exact) mass is 617 g/mol. The van der Waals surface area contributed by atoms with Gasteiger partial charge in [-0.2, -0.15) is 13.2 Å². The molecule has 0 bridgehead atoms. The van der Waals surface area contributed by atoms with Crippen LogP contribution in [0.15, 0.2) is 42.5 Å². The number of rotatable bonds is 4. The number of piperidine rings is 1. The third-order valence-electron chi connectivity index (χ3n) is 8.79. The van der Waals surface area contributed by atoms with Crippen LogP contribution in [0.3, 0.4) is 0 Å². The van der Waals surface area contributed by atoms with Gasteiger partial charge in [0, 0.05) is 43.8 Å². The molecular weight excluding hydrogens is 585 g/mol. The van der Waals surface area contributed by atoms with Crippen LogP contribution in [0.4, 0.5) is 37.2 Å². The number of anilines is 1. The van der Waals surface area contributed by atoms with Gasteiger partial charge in [-0.25, -0.2) is 18.4 Å². The first-order chi connectivity index (χ1) is 21.1. The Morgan fingerprint density at radius 3 is 2.52 bits per heavy atom. The van der Waals surface area contributed by atoms with Crippen molar-refractivity contribution in [2.75, 3.05) is 25.0 Å². The molecule has 0 radical (unpaired) electrons. The number of carbonyl (C=O) groups is 2.